The molecule has 1 aromatic carbocycles. The van der Waals surface area contributed by atoms with Crippen molar-refractivity contribution in [3.63, 3.8) is 0 Å². The predicted octanol–water partition coefficient (Wildman–Crippen LogP) is 0.712. The Balaban J connectivity index is 1.76. The van der Waals surface area contributed by atoms with Gasteiger partial charge in [0.15, 0.2) is 5.65 Å². The largest absolute Gasteiger partial charge is 0.375 e. The first kappa shape index (κ1) is 17.8. The van der Waals surface area contributed by atoms with Gasteiger partial charge in [0.2, 0.25) is 5.91 Å². The first-order valence-corrected chi connectivity index (χ1v) is 8.30. The second kappa shape index (κ2) is 7.92. The van der Waals surface area contributed by atoms with Gasteiger partial charge in [-0.3, -0.25) is 14.2 Å². The van der Waals surface area contributed by atoms with E-state index < -0.39 is 0 Å². The lowest BCUT2D eigenvalue weighted by Crippen LogP contribution is -2.30. The van der Waals surface area contributed by atoms with Crippen molar-refractivity contribution < 1.29 is 9.53 Å². The maximum Gasteiger partial charge on any atom is 0.264 e. The molecule has 0 aliphatic carbocycles. The predicted molar refractivity (Wildman–Crippen MR) is 97.0 cm³/mol. The summed E-state index contributed by atoms with van der Waals surface area (Å²) in [6, 6.07) is 8.01. The summed E-state index contributed by atoms with van der Waals surface area (Å²) < 4.78 is 7.94. The molecule has 0 radical (unpaired) electrons. The Morgan fingerprint density at radius 3 is 2.96 bits per heavy atom. The van der Waals surface area contributed by atoms with Crippen molar-refractivity contribution >= 4 is 16.9 Å². The quantitative estimate of drug-likeness (QED) is 0.674. The van der Waals surface area contributed by atoms with E-state index in [2.05, 4.69) is 15.4 Å². The van der Waals surface area contributed by atoms with Gasteiger partial charge in [-0.05, 0) is 12.5 Å². The van der Waals surface area contributed by atoms with E-state index in [0.717, 1.165) is 11.1 Å². The van der Waals surface area contributed by atoms with Crippen molar-refractivity contribution in [2.75, 3.05) is 20.3 Å². The standard InChI is InChI=1S/C18H21N5O3/c1-13-4-3-5-14(8-13)10-22-12-20-17-15(18(22)25)9-21-23(17)7-6-19-16(24)11-26-2/h3-5,8-9,12H,6-7,10-11H2,1-2H3,(H,19,24). The fourth-order valence-corrected chi connectivity index (χ4v) is 2.76. The molecule has 2 heterocycles. The monoisotopic (exact) mass is 355 g/mol. The van der Waals surface area contributed by atoms with E-state index in [1.54, 1.807) is 9.25 Å². The lowest BCUT2D eigenvalue weighted by atomic mass is 10.1. The maximum absolute atomic E-state index is 12.7. The Morgan fingerprint density at radius 2 is 2.19 bits per heavy atom. The van der Waals surface area contributed by atoms with Crippen LogP contribution in [0.5, 0.6) is 0 Å². The van der Waals surface area contributed by atoms with Crippen molar-refractivity contribution in [1.29, 1.82) is 0 Å². The van der Waals surface area contributed by atoms with Crippen molar-refractivity contribution in [3.8, 4) is 0 Å². The van der Waals surface area contributed by atoms with Crippen LogP contribution in [-0.4, -0.2) is 45.5 Å². The zero-order chi connectivity index (χ0) is 18.5. The molecule has 0 fully saturated rings. The number of aromatic nitrogens is 4. The number of hydrogen-bond donors (Lipinski definition) is 1. The number of methoxy groups -OCH3 is 1. The highest BCUT2D eigenvalue weighted by atomic mass is 16.5. The molecule has 0 saturated heterocycles. The summed E-state index contributed by atoms with van der Waals surface area (Å²) in [5.74, 6) is -0.197. The molecule has 0 unspecified atom stereocenters. The molecule has 0 spiro atoms. The minimum atomic E-state index is -0.197. The van der Waals surface area contributed by atoms with Gasteiger partial charge in [-0.15, -0.1) is 0 Å². The number of carbonyl (C=O) groups excluding carboxylic acids is 1. The van der Waals surface area contributed by atoms with Crippen LogP contribution in [0.25, 0.3) is 11.0 Å². The number of aryl methyl sites for hydroxylation is 1. The molecular formula is C18H21N5O3. The lowest BCUT2D eigenvalue weighted by Gasteiger charge is -2.08. The number of hydrogen-bond acceptors (Lipinski definition) is 5. The summed E-state index contributed by atoms with van der Waals surface area (Å²) in [6.07, 6.45) is 3.06. The van der Waals surface area contributed by atoms with Gasteiger partial charge >= 0.3 is 0 Å². The summed E-state index contributed by atoms with van der Waals surface area (Å²) in [7, 11) is 1.46. The van der Waals surface area contributed by atoms with E-state index in [4.69, 9.17) is 4.74 Å². The van der Waals surface area contributed by atoms with Crippen molar-refractivity contribution in [1.82, 2.24) is 24.6 Å². The van der Waals surface area contributed by atoms with Crippen LogP contribution in [-0.2, 0) is 22.6 Å². The molecule has 0 aliphatic rings. The van der Waals surface area contributed by atoms with Crippen LogP contribution >= 0.6 is 0 Å². The Morgan fingerprint density at radius 1 is 1.35 bits per heavy atom. The highest BCUT2D eigenvalue weighted by Crippen LogP contribution is 2.08. The van der Waals surface area contributed by atoms with Crippen LogP contribution < -0.4 is 10.9 Å². The van der Waals surface area contributed by atoms with E-state index in [9.17, 15) is 9.59 Å². The smallest absolute Gasteiger partial charge is 0.264 e. The number of fused-ring (bicyclic) bond motifs is 1. The van der Waals surface area contributed by atoms with Crippen LogP contribution in [0.2, 0.25) is 0 Å². The number of amides is 1. The van der Waals surface area contributed by atoms with Crippen molar-refractivity contribution in [2.45, 2.75) is 20.0 Å². The fourth-order valence-electron chi connectivity index (χ4n) is 2.76. The highest BCUT2D eigenvalue weighted by molar-refractivity contribution is 5.77. The van der Waals surface area contributed by atoms with Gasteiger partial charge in [0.25, 0.3) is 5.56 Å². The Hall–Kier alpha value is -3.00. The zero-order valence-corrected chi connectivity index (χ0v) is 14.8. The van der Waals surface area contributed by atoms with Crippen LogP contribution in [0.15, 0.2) is 41.6 Å². The molecule has 8 nitrogen and oxygen atoms in total. The summed E-state index contributed by atoms with van der Waals surface area (Å²) >= 11 is 0. The van der Waals surface area contributed by atoms with Crippen LogP contribution in [0.4, 0.5) is 0 Å². The second-order valence-corrected chi connectivity index (χ2v) is 6.05. The summed E-state index contributed by atoms with van der Waals surface area (Å²) in [6.45, 7) is 3.30. The molecule has 1 N–H and O–H groups in total. The molecule has 26 heavy (non-hydrogen) atoms. The SMILES string of the molecule is COCC(=O)NCCn1ncc2c(=O)n(Cc3cccc(C)c3)cnc21. The highest BCUT2D eigenvalue weighted by Gasteiger charge is 2.10. The van der Waals surface area contributed by atoms with E-state index >= 15 is 0 Å². The van der Waals surface area contributed by atoms with Crippen LogP contribution in [0.3, 0.4) is 0 Å². The fraction of sp³-hybridized carbons (Fsp3) is 0.333. The lowest BCUT2D eigenvalue weighted by molar-refractivity contribution is -0.124. The van der Waals surface area contributed by atoms with Gasteiger partial charge in [-0.2, -0.15) is 5.10 Å². The number of nitrogens with one attached hydrogen (secondary N) is 1. The second-order valence-electron chi connectivity index (χ2n) is 6.05. The van der Waals surface area contributed by atoms with Crippen LogP contribution in [0.1, 0.15) is 11.1 Å². The molecular weight excluding hydrogens is 334 g/mol. The average Bonchev–Trinajstić information content (AvgIpc) is 3.02. The van der Waals surface area contributed by atoms with Gasteiger partial charge in [-0.1, -0.05) is 29.8 Å². The van der Waals surface area contributed by atoms with Crippen LogP contribution in [0, 0.1) is 6.92 Å². The summed E-state index contributed by atoms with van der Waals surface area (Å²) in [4.78, 5) is 28.5. The Labute approximate surface area is 150 Å². The third-order valence-electron chi connectivity index (χ3n) is 3.98. The molecule has 3 aromatic rings. The Bertz CT molecular complexity index is 976. The molecule has 2 aromatic heterocycles. The van der Waals surface area contributed by atoms with Gasteiger partial charge in [-0.25, -0.2) is 9.67 Å². The molecule has 3 rings (SSSR count). The average molecular weight is 355 g/mol. The number of carbonyl (C=O) groups is 1. The minimum absolute atomic E-state index is 0.0156. The first-order chi connectivity index (χ1) is 12.6. The summed E-state index contributed by atoms with van der Waals surface area (Å²) in [5.41, 5.74) is 2.57. The molecule has 0 saturated carbocycles. The first-order valence-electron chi connectivity index (χ1n) is 8.30. The van der Waals surface area contributed by atoms with E-state index in [1.165, 1.54) is 19.6 Å². The number of benzene rings is 1. The maximum atomic E-state index is 12.7. The molecule has 136 valence electrons. The van der Waals surface area contributed by atoms with E-state index in [-0.39, 0.29) is 18.1 Å². The van der Waals surface area contributed by atoms with Crippen molar-refractivity contribution in [3.05, 3.63) is 58.3 Å². The van der Waals surface area contributed by atoms with Gasteiger partial charge in [0, 0.05) is 13.7 Å². The third-order valence-corrected chi connectivity index (χ3v) is 3.98. The van der Waals surface area contributed by atoms with E-state index in [1.807, 2.05) is 31.2 Å². The van der Waals surface area contributed by atoms with E-state index in [0.29, 0.717) is 30.7 Å². The third kappa shape index (κ3) is 3.97. The number of ether oxygens (including phenoxy) is 1. The number of nitrogens with zero attached hydrogens (tertiary/aromatic N) is 4. The number of rotatable bonds is 7. The molecule has 1 amide bonds. The summed E-state index contributed by atoms with van der Waals surface area (Å²) in [5, 5.41) is 7.40. The van der Waals surface area contributed by atoms with Crippen molar-refractivity contribution in [2.24, 2.45) is 0 Å². The molecule has 8 heteroatoms. The van der Waals surface area contributed by atoms with Gasteiger partial charge in [0.05, 0.1) is 19.3 Å². The zero-order valence-electron chi connectivity index (χ0n) is 14.8. The minimum Gasteiger partial charge on any atom is -0.375 e. The molecule has 0 atom stereocenters. The topological polar surface area (TPSA) is 91.0 Å². The molecule has 0 aliphatic heterocycles. The van der Waals surface area contributed by atoms with Gasteiger partial charge < -0.3 is 10.1 Å². The normalized spacial score (nSPS) is 11.0. The Kier molecular flexibility index (Phi) is 5.43. The molecule has 0 bridgehead atoms. The van der Waals surface area contributed by atoms with Gasteiger partial charge in [0.1, 0.15) is 18.3 Å².